The topological polar surface area (TPSA) is 58.9 Å². The quantitative estimate of drug-likeness (QED) is 0.463. The first-order valence-electron chi connectivity index (χ1n) is 5.48. The number of hydrogen-bond acceptors (Lipinski definition) is 4. The summed E-state index contributed by atoms with van der Waals surface area (Å²) in [6.07, 6.45) is 0.498. The third kappa shape index (κ3) is 14.1. The van der Waals surface area contributed by atoms with E-state index in [2.05, 4.69) is 0 Å². The van der Waals surface area contributed by atoms with Gasteiger partial charge in [0.05, 0.1) is 25.9 Å². The fourth-order valence-electron chi connectivity index (χ4n) is 1.08. The third-order valence-corrected chi connectivity index (χ3v) is 3.39. The Morgan fingerprint density at radius 1 is 1.13 bits per heavy atom. The number of rotatable bonds is 9. The van der Waals surface area contributed by atoms with Gasteiger partial charge < -0.3 is 19.4 Å². The summed E-state index contributed by atoms with van der Waals surface area (Å²) in [6.45, 7) is 7.66. The van der Waals surface area contributed by atoms with Crippen molar-refractivity contribution in [2.45, 2.75) is 38.6 Å². The average molecular weight is 236 g/mol. The minimum Gasteiger partial charge on any atom is -0.432 e. The lowest BCUT2D eigenvalue weighted by molar-refractivity contribution is 0.00961. The van der Waals surface area contributed by atoms with Gasteiger partial charge in [-0.05, 0) is 32.5 Å². The maximum absolute atomic E-state index is 9.55. The Morgan fingerprint density at radius 2 is 1.73 bits per heavy atom. The van der Waals surface area contributed by atoms with Crippen LogP contribution in [0.15, 0.2) is 0 Å². The van der Waals surface area contributed by atoms with E-state index in [1.54, 1.807) is 6.92 Å². The standard InChI is InChI=1S/C10H24O4Si/c1-10(11)9-14-7-6-13-5-4-8-15(2,3)12/h10-12H,4-9H2,1-3H3. The van der Waals surface area contributed by atoms with Crippen LogP contribution in [0.3, 0.4) is 0 Å². The van der Waals surface area contributed by atoms with Crippen LogP contribution < -0.4 is 0 Å². The van der Waals surface area contributed by atoms with E-state index in [9.17, 15) is 4.80 Å². The Labute approximate surface area is 93.3 Å². The Kier molecular flexibility index (Phi) is 8.27. The van der Waals surface area contributed by atoms with Crippen molar-refractivity contribution in [2.75, 3.05) is 26.4 Å². The van der Waals surface area contributed by atoms with Crippen LogP contribution in [0.1, 0.15) is 13.3 Å². The predicted octanol–water partition coefficient (Wildman–Crippen LogP) is 0.988. The van der Waals surface area contributed by atoms with Crippen LogP contribution in [-0.2, 0) is 9.47 Å². The fourth-order valence-corrected chi connectivity index (χ4v) is 2.09. The van der Waals surface area contributed by atoms with Gasteiger partial charge in [-0.25, -0.2) is 0 Å². The molecule has 0 saturated heterocycles. The molecule has 0 radical (unpaired) electrons. The highest BCUT2D eigenvalue weighted by Crippen LogP contribution is 2.07. The Morgan fingerprint density at radius 3 is 2.27 bits per heavy atom. The molecule has 0 aliphatic rings. The van der Waals surface area contributed by atoms with E-state index < -0.39 is 14.4 Å². The summed E-state index contributed by atoms with van der Waals surface area (Å²) in [5.74, 6) is 0. The Bertz CT molecular complexity index is 145. The van der Waals surface area contributed by atoms with Crippen molar-refractivity contribution >= 4 is 8.32 Å². The minimum atomic E-state index is -1.89. The van der Waals surface area contributed by atoms with Crippen molar-refractivity contribution in [3.05, 3.63) is 0 Å². The number of hydrogen-bond donors (Lipinski definition) is 2. The molecule has 1 unspecified atom stereocenters. The van der Waals surface area contributed by atoms with Crippen LogP contribution in [0.25, 0.3) is 0 Å². The zero-order valence-corrected chi connectivity index (χ0v) is 11.0. The van der Waals surface area contributed by atoms with E-state index in [0.717, 1.165) is 12.5 Å². The first-order valence-corrected chi connectivity index (χ1v) is 8.63. The highest BCUT2D eigenvalue weighted by Gasteiger charge is 2.15. The van der Waals surface area contributed by atoms with E-state index in [0.29, 0.717) is 26.4 Å². The molecule has 2 N–H and O–H groups in total. The highest BCUT2D eigenvalue weighted by atomic mass is 28.4. The molecule has 0 aromatic rings. The molecule has 0 aromatic carbocycles. The van der Waals surface area contributed by atoms with E-state index in [-0.39, 0.29) is 0 Å². The lowest BCUT2D eigenvalue weighted by atomic mass is 10.4. The van der Waals surface area contributed by atoms with Gasteiger partial charge in [-0.15, -0.1) is 0 Å². The minimum absolute atomic E-state index is 0.361. The summed E-state index contributed by atoms with van der Waals surface area (Å²) in [5.41, 5.74) is 0. The van der Waals surface area contributed by atoms with Crippen LogP contribution in [0.4, 0.5) is 0 Å². The zero-order chi connectivity index (χ0) is 11.7. The van der Waals surface area contributed by atoms with Gasteiger partial charge in [0.2, 0.25) is 0 Å². The van der Waals surface area contributed by atoms with Crippen molar-refractivity contribution < 1.29 is 19.4 Å². The monoisotopic (exact) mass is 236 g/mol. The summed E-state index contributed by atoms with van der Waals surface area (Å²) in [4.78, 5) is 9.55. The second-order valence-electron chi connectivity index (χ2n) is 4.45. The van der Waals surface area contributed by atoms with Crippen LogP contribution in [-0.4, -0.2) is 50.8 Å². The average Bonchev–Trinajstić information content (AvgIpc) is 2.07. The predicted molar refractivity (Wildman–Crippen MR) is 62.4 cm³/mol. The van der Waals surface area contributed by atoms with Crippen molar-refractivity contribution in [2.24, 2.45) is 0 Å². The van der Waals surface area contributed by atoms with E-state index in [4.69, 9.17) is 14.6 Å². The zero-order valence-electron chi connectivity index (χ0n) is 10.0. The normalized spacial score (nSPS) is 14.2. The van der Waals surface area contributed by atoms with Crippen molar-refractivity contribution in [3.8, 4) is 0 Å². The summed E-state index contributed by atoms with van der Waals surface area (Å²) < 4.78 is 10.4. The maximum Gasteiger partial charge on any atom is 0.182 e. The highest BCUT2D eigenvalue weighted by molar-refractivity contribution is 6.69. The lowest BCUT2D eigenvalue weighted by Gasteiger charge is -2.13. The number of aliphatic hydroxyl groups excluding tert-OH is 1. The smallest absolute Gasteiger partial charge is 0.182 e. The van der Waals surface area contributed by atoms with Gasteiger partial charge in [-0.1, -0.05) is 0 Å². The fraction of sp³-hybridized carbons (Fsp3) is 1.00. The molecule has 15 heavy (non-hydrogen) atoms. The largest absolute Gasteiger partial charge is 0.432 e. The van der Waals surface area contributed by atoms with Gasteiger partial charge in [0.1, 0.15) is 0 Å². The number of ether oxygens (including phenoxy) is 2. The molecule has 4 nitrogen and oxygen atoms in total. The summed E-state index contributed by atoms with van der Waals surface area (Å²) >= 11 is 0. The summed E-state index contributed by atoms with van der Waals surface area (Å²) in [5, 5.41) is 8.89. The van der Waals surface area contributed by atoms with Crippen LogP contribution in [0.5, 0.6) is 0 Å². The molecule has 0 fully saturated rings. The van der Waals surface area contributed by atoms with Crippen molar-refractivity contribution in [3.63, 3.8) is 0 Å². The van der Waals surface area contributed by atoms with Crippen molar-refractivity contribution in [1.29, 1.82) is 0 Å². The second kappa shape index (κ2) is 8.24. The van der Waals surface area contributed by atoms with Crippen LogP contribution >= 0.6 is 0 Å². The van der Waals surface area contributed by atoms with Gasteiger partial charge >= 0.3 is 0 Å². The van der Waals surface area contributed by atoms with Gasteiger partial charge in [0, 0.05) is 6.61 Å². The van der Waals surface area contributed by atoms with Crippen LogP contribution in [0.2, 0.25) is 19.1 Å². The van der Waals surface area contributed by atoms with Crippen molar-refractivity contribution in [1.82, 2.24) is 0 Å². The molecule has 0 bridgehead atoms. The van der Waals surface area contributed by atoms with E-state index in [1.807, 2.05) is 13.1 Å². The maximum atomic E-state index is 9.55. The second-order valence-corrected chi connectivity index (χ2v) is 8.58. The first-order chi connectivity index (χ1) is 6.92. The first kappa shape index (κ1) is 15.1. The molecule has 0 heterocycles. The van der Waals surface area contributed by atoms with Crippen LogP contribution in [0, 0.1) is 0 Å². The Balaban J connectivity index is 3.06. The van der Waals surface area contributed by atoms with Gasteiger partial charge in [0.15, 0.2) is 8.32 Å². The molecular weight excluding hydrogens is 212 g/mol. The van der Waals surface area contributed by atoms with E-state index >= 15 is 0 Å². The molecular formula is C10H24O4Si. The van der Waals surface area contributed by atoms with Gasteiger partial charge in [0.25, 0.3) is 0 Å². The third-order valence-electron chi connectivity index (χ3n) is 1.81. The molecule has 0 spiro atoms. The summed E-state index contributed by atoms with van der Waals surface area (Å²) in [7, 11) is -1.89. The molecule has 0 saturated carbocycles. The molecule has 0 rings (SSSR count). The van der Waals surface area contributed by atoms with Gasteiger partial charge in [-0.3, -0.25) is 0 Å². The molecule has 0 amide bonds. The molecule has 0 aromatic heterocycles. The molecule has 92 valence electrons. The molecule has 0 aliphatic carbocycles. The SMILES string of the molecule is CC(O)COCCOCCC[Si](C)(C)O. The Hall–Kier alpha value is 0.0569. The number of aliphatic hydroxyl groups is 1. The molecule has 0 aliphatic heterocycles. The molecule has 1 atom stereocenters. The lowest BCUT2D eigenvalue weighted by Crippen LogP contribution is -2.24. The molecule has 5 heteroatoms. The summed E-state index contributed by atoms with van der Waals surface area (Å²) in [6, 6.07) is 0.877. The van der Waals surface area contributed by atoms with E-state index in [1.165, 1.54) is 0 Å². The van der Waals surface area contributed by atoms with Gasteiger partial charge in [-0.2, -0.15) is 0 Å².